The molecule has 2 heterocycles. The van der Waals surface area contributed by atoms with E-state index >= 15 is 0 Å². The normalized spacial score (nSPS) is 12.9. The molecule has 2 aromatic rings. The van der Waals surface area contributed by atoms with E-state index in [4.69, 9.17) is 24.5 Å². The van der Waals surface area contributed by atoms with Gasteiger partial charge in [-0.2, -0.15) is 11.3 Å². The maximum absolute atomic E-state index is 12.2. The summed E-state index contributed by atoms with van der Waals surface area (Å²) in [6.07, 6.45) is 1.59. The molecule has 1 amide bonds. The number of carbonyl (C=O) groups is 4. The Morgan fingerprint density at radius 2 is 1.71 bits per heavy atom. The van der Waals surface area contributed by atoms with Crippen molar-refractivity contribution in [1.82, 2.24) is 4.90 Å². The molecule has 0 spiro atoms. The molecule has 8 nitrogen and oxygen atoms in total. The number of hydrogen-bond donors (Lipinski definition) is 2. The Bertz CT molecular complexity index is 818. The third-order valence-corrected chi connectivity index (χ3v) is 4.57. The number of ketones is 1. The molecule has 1 aliphatic rings. The fourth-order valence-electron chi connectivity index (χ4n) is 2.48. The first kappa shape index (κ1) is 21.1. The number of ether oxygens (including phenoxy) is 1. The molecule has 0 radical (unpaired) electrons. The number of aliphatic carboxylic acids is 2. The summed E-state index contributed by atoms with van der Waals surface area (Å²) in [5.74, 6) is -2.70. The van der Waals surface area contributed by atoms with Crippen molar-refractivity contribution >= 4 is 35.0 Å². The molecule has 28 heavy (non-hydrogen) atoms. The number of amides is 1. The predicted octanol–water partition coefficient (Wildman–Crippen LogP) is 2.14. The van der Waals surface area contributed by atoms with E-state index in [9.17, 15) is 9.59 Å². The van der Waals surface area contributed by atoms with Crippen molar-refractivity contribution < 1.29 is 34.1 Å². The van der Waals surface area contributed by atoms with Gasteiger partial charge in [-0.3, -0.25) is 9.59 Å². The SMILES string of the molecule is O=C(O)C(=O)O.O=C(c1ccc(OCCN2CCCC2=O)cc1)c1ccsc1. The molecule has 9 heteroatoms. The molecule has 0 saturated carbocycles. The van der Waals surface area contributed by atoms with Crippen LogP contribution < -0.4 is 4.74 Å². The standard InChI is InChI=1S/C17H17NO3S.C2H2O4/c19-16-2-1-8-18(16)9-10-21-15-5-3-13(4-6-15)17(20)14-7-11-22-12-14;3-1(4)2(5)6/h3-7,11-12H,1-2,8-10H2;(H,3,4)(H,5,6). The van der Waals surface area contributed by atoms with Gasteiger partial charge in [0, 0.05) is 29.5 Å². The number of likely N-dealkylation sites (tertiary alicyclic amines) is 1. The molecule has 3 rings (SSSR count). The van der Waals surface area contributed by atoms with Gasteiger partial charge in [0.2, 0.25) is 5.91 Å². The molecule has 1 aromatic heterocycles. The molecule has 1 aromatic carbocycles. The second-order valence-electron chi connectivity index (χ2n) is 5.81. The highest BCUT2D eigenvalue weighted by Gasteiger charge is 2.19. The average Bonchev–Trinajstić information content (AvgIpc) is 3.34. The van der Waals surface area contributed by atoms with E-state index in [2.05, 4.69) is 0 Å². The van der Waals surface area contributed by atoms with E-state index in [0.717, 1.165) is 13.0 Å². The summed E-state index contributed by atoms with van der Waals surface area (Å²) in [6.45, 7) is 1.92. The maximum atomic E-state index is 12.2. The van der Waals surface area contributed by atoms with Crippen LogP contribution in [0, 0.1) is 0 Å². The highest BCUT2D eigenvalue weighted by molar-refractivity contribution is 7.08. The number of benzene rings is 1. The summed E-state index contributed by atoms with van der Waals surface area (Å²) < 4.78 is 5.64. The molecule has 0 bridgehead atoms. The number of carbonyl (C=O) groups excluding carboxylic acids is 2. The topological polar surface area (TPSA) is 121 Å². The van der Waals surface area contributed by atoms with E-state index < -0.39 is 11.9 Å². The minimum Gasteiger partial charge on any atom is -0.492 e. The van der Waals surface area contributed by atoms with Crippen molar-refractivity contribution in [1.29, 1.82) is 0 Å². The lowest BCUT2D eigenvalue weighted by Crippen LogP contribution is -2.29. The Morgan fingerprint density at radius 3 is 2.21 bits per heavy atom. The van der Waals surface area contributed by atoms with Crippen molar-refractivity contribution in [2.24, 2.45) is 0 Å². The number of rotatable bonds is 6. The van der Waals surface area contributed by atoms with Crippen LogP contribution in [-0.4, -0.2) is 58.4 Å². The van der Waals surface area contributed by atoms with Crippen LogP contribution in [0.25, 0.3) is 0 Å². The molecule has 148 valence electrons. The van der Waals surface area contributed by atoms with Crippen LogP contribution in [-0.2, 0) is 14.4 Å². The molecular weight excluding hydrogens is 386 g/mol. The largest absolute Gasteiger partial charge is 0.492 e. The first-order chi connectivity index (χ1) is 13.4. The highest BCUT2D eigenvalue weighted by Crippen LogP contribution is 2.17. The summed E-state index contributed by atoms with van der Waals surface area (Å²) in [7, 11) is 0. The van der Waals surface area contributed by atoms with Crippen molar-refractivity contribution in [2.45, 2.75) is 12.8 Å². The number of nitrogens with zero attached hydrogens (tertiary/aromatic N) is 1. The fourth-order valence-corrected chi connectivity index (χ4v) is 3.11. The number of thiophene rings is 1. The molecule has 1 aliphatic heterocycles. The van der Waals surface area contributed by atoms with Crippen LogP contribution in [0.3, 0.4) is 0 Å². The molecular formula is C19H19NO7S. The first-order valence-corrected chi connectivity index (χ1v) is 9.36. The van der Waals surface area contributed by atoms with Gasteiger partial charge in [0.25, 0.3) is 0 Å². The second kappa shape index (κ2) is 10.2. The summed E-state index contributed by atoms with van der Waals surface area (Å²) in [5.41, 5.74) is 1.37. The minimum atomic E-state index is -1.82. The van der Waals surface area contributed by atoms with E-state index in [0.29, 0.717) is 36.4 Å². The minimum absolute atomic E-state index is 0.0236. The zero-order valence-electron chi connectivity index (χ0n) is 14.9. The molecule has 0 unspecified atom stereocenters. The van der Waals surface area contributed by atoms with Crippen LogP contribution in [0.1, 0.15) is 28.8 Å². The van der Waals surface area contributed by atoms with E-state index in [1.165, 1.54) is 11.3 Å². The monoisotopic (exact) mass is 405 g/mol. The summed E-state index contributed by atoms with van der Waals surface area (Å²) >= 11 is 1.51. The Kier molecular flexibility index (Phi) is 7.70. The second-order valence-corrected chi connectivity index (χ2v) is 6.59. The van der Waals surface area contributed by atoms with Crippen molar-refractivity contribution in [3.8, 4) is 5.75 Å². The molecule has 1 saturated heterocycles. The van der Waals surface area contributed by atoms with E-state index in [1.807, 2.05) is 21.7 Å². The van der Waals surface area contributed by atoms with Gasteiger partial charge in [-0.05, 0) is 42.1 Å². The highest BCUT2D eigenvalue weighted by atomic mass is 32.1. The third-order valence-electron chi connectivity index (χ3n) is 3.88. The third kappa shape index (κ3) is 6.20. The Morgan fingerprint density at radius 1 is 1.04 bits per heavy atom. The maximum Gasteiger partial charge on any atom is 0.414 e. The number of carboxylic acid groups (broad SMARTS) is 2. The van der Waals surface area contributed by atoms with Gasteiger partial charge in [-0.15, -0.1) is 0 Å². The van der Waals surface area contributed by atoms with Crippen molar-refractivity contribution in [3.05, 3.63) is 52.2 Å². The summed E-state index contributed by atoms with van der Waals surface area (Å²) in [6, 6.07) is 8.97. The van der Waals surface area contributed by atoms with Gasteiger partial charge in [-0.25, -0.2) is 9.59 Å². The Hall–Kier alpha value is -3.20. The number of carboxylic acids is 2. The van der Waals surface area contributed by atoms with Crippen LogP contribution >= 0.6 is 11.3 Å². The Labute approximate surface area is 165 Å². The van der Waals surface area contributed by atoms with Gasteiger partial charge in [-0.1, -0.05) is 0 Å². The van der Waals surface area contributed by atoms with Gasteiger partial charge < -0.3 is 19.8 Å². The van der Waals surface area contributed by atoms with Crippen LogP contribution in [0.4, 0.5) is 0 Å². The van der Waals surface area contributed by atoms with Crippen LogP contribution in [0.5, 0.6) is 5.75 Å². The fraction of sp³-hybridized carbons (Fsp3) is 0.263. The predicted molar refractivity (Wildman–Crippen MR) is 101 cm³/mol. The van der Waals surface area contributed by atoms with Gasteiger partial charge in [0.05, 0.1) is 6.54 Å². The molecule has 2 N–H and O–H groups in total. The first-order valence-electron chi connectivity index (χ1n) is 8.42. The lowest BCUT2D eigenvalue weighted by molar-refractivity contribution is -0.159. The number of hydrogen-bond acceptors (Lipinski definition) is 6. The van der Waals surface area contributed by atoms with E-state index in [-0.39, 0.29) is 11.7 Å². The summed E-state index contributed by atoms with van der Waals surface area (Å²) in [4.78, 5) is 43.7. The zero-order valence-corrected chi connectivity index (χ0v) is 15.7. The van der Waals surface area contributed by atoms with Gasteiger partial charge >= 0.3 is 11.9 Å². The lowest BCUT2D eigenvalue weighted by Gasteiger charge is -2.15. The quantitative estimate of drug-likeness (QED) is 0.558. The zero-order chi connectivity index (χ0) is 20.5. The van der Waals surface area contributed by atoms with E-state index in [1.54, 1.807) is 24.3 Å². The molecule has 1 fully saturated rings. The Balaban J connectivity index is 0.000000409. The van der Waals surface area contributed by atoms with Gasteiger partial charge in [0.1, 0.15) is 12.4 Å². The van der Waals surface area contributed by atoms with Crippen LogP contribution in [0.2, 0.25) is 0 Å². The van der Waals surface area contributed by atoms with Crippen molar-refractivity contribution in [2.75, 3.05) is 19.7 Å². The molecule has 0 aliphatic carbocycles. The smallest absolute Gasteiger partial charge is 0.414 e. The van der Waals surface area contributed by atoms with Crippen molar-refractivity contribution in [3.63, 3.8) is 0 Å². The molecule has 0 atom stereocenters. The van der Waals surface area contributed by atoms with Crippen LogP contribution in [0.15, 0.2) is 41.1 Å². The van der Waals surface area contributed by atoms with Gasteiger partial charge in [0.15, 0.2) is 5.78 Å². The summed E-state index contributed by atoms with van der Waals surface area (Å²) in [5, 5.41) is 18.5. The average molecular weight is 405 g/mol. The lowest BCUT2D eigenvalue weighted by atomic mass is 10.1.